The van der Waals surface area contributed by atoms with Crippen LogP contribution in [0.25, 0.3) is 5.69 Å². The molecule has 0 atom stereocenters. The Labute approximate surface area is 184 Å². The van der Waals surface area contributed by atoms with Crippen LogP contribution in [0.5, 0.6) is 0 Å². The van der Waals surface area contributed by atoms with Crippen molar-refractivity contribution in [2.45, 2.75) is 6.92 Å². The summed E-state index contributed by atoms with van der Waals surface area (Å²) in [6.07, 6.45) is 0. The molecule has 3 aromatic carbocycles. The molecule has 2 amide bonds. The first-order valence-electron chi connectivity index (χ1n) is 9.61. The SMILES string of the molecule is Cc1nn(-c2ccccc2)c(Cl)c1C(=O)Nc1cccc(NC(=O)c2ccccc2)c1. The highest BCUT2D eigenvalue weighted by molar-refractivity contribution is 6.34. The predicted molar refractivity (Wildman–Crippen MR) is 122 cm³/mol. The second-order valence-electron chi connectivity index (χ2n) is 6.85. The van der Waals surface area contributed by atoms with Crippen molar-refractivity contribution < 1.29 is 9.59 Å². The zero-order valence-corrected chi connectivity index (χ0v) is 17.4. The van der Waals surface area contributed by atoms with E-state index in [9.17, 15) is 9.59 Å². The van der Waals surface area contributed by atoms with E-state index in [1.165, 1.54) is 4.68 Å². The highest BCUT2D eigenvalue weighted by Crippen LogP contribution is 2.25. The molecule has 4 rings (SSSR count). The van der Waals surface area contributed by atoms with Crippen LogP contribution >= 0.6 is 11.6 Å². The number of aryl methyl sites for hydroxylation is 1. The Balaban J connectivity index is 1.53. The monoisotopic (exact) mass is 430 g/mol. The van der Waals surface area contributed by atoms with Crippen LogP contribution in [0.3, 0.4) is 0 Å². The Morgan fingerprint density at radius 3 is 2.03 bits per heavy atom. The highest BCUT2D eigenvalue weighted by atomic mass is 35.5. The Bertz CT molecular complexity index is 1240. The Kier molecular flexibility index (Phi) is 5.82. The third-order valence-corrected chi connectivity index (χ3v) is 5.00. The van der Waals surface area contributed by atoms with Gasteiger partial charge in [0.2, 0.25) is 0 Å². The predicted octanol–water partition coefficient (Wildman–Crippen LogP) is 5.34. The molecule has 31 heavy (non-hydrogen) atoms. The minimum Gasteiger partial charge on any atom is -0.322 e. The van der Waals surface area contributed by atoms with E-state index >= 15 is 0 Å². The fraction of sp³-hybridized carbons (Fsp3) is 0.0417. The largest absolute Gasteiger partial charge is 0.322 e. The normalized spacial score (nSPS) is 10.5. The summed E-state index contributed by atoms with van der Waals surface area (Å²) in [5.74, 6) is -0.608. The molecule has 0 radical (unpaired) electrons. The van der Waals surface area contributed by atoms with Crippen LogP contribution < -0.4 is 10.6 Å². The number of rotatable bonds is 5. The molecule has 7 heteroatoms. The molecule has 0 aliphatic heterocycles. The van der Waals surface area contributed by atoms with Crippen molar-refractivity contribution >= 4 is 34.8 Å². The molecule has 0 aliphatic rings. The van der Waals surface area contributed by atoms with Crippen molar-refractivity contribution in [3.8, 4) is 5.69 Å². The summed E-state index contributed by atoms with van der Waals surface area (Å²) >= 11 is 6.48. The van der Waals surface area contributed by atoms with E-state index in [0.717, 1.165) is 5.69 Å². The summed E-state index contributed by atoms with van der Waals surface area (Å²) in [4.78, 5) is 25.3. The highest BCUT2D eigenvalue weighted by Gasteiger charge is 2.21. The van der Waals surface area contributed by atoms with Gasteiger partial charge in [-0.25, -0.2) is 4.68 Å². The van der Waals surface area contributed by atoms with Crippen LogP contribution in [-0.4, -0.2) is 21.6 Å². The van der Waals surface area contributed by atoms with Crippen molar-refractivity contribution in [2.24, 2.45) is 0 Å². The van der Waals surface area contributed by atoms with Gasteiger partial charge in [0, 0.05) is 16.9 Å². The number of hydrogen-bond acceptors (Lipinski definition) is 3. The molecule has 0 saturated heterocycles. The first-order valence-corrected chi connectivity index (χ1v) is 9.99. The van der Waals surface area contributed by atoms with E-state index in [-0.39, 0.29) is 17.0 Å². The van der Waals surface area contributed by atoms with Gasteiger partial charge >= 0.3 is 0 Å². The first-order chi connectivity index (χ1) is 15.0. The van der Waals surface area contributed by atoms with Crippen molar-refractivity contribution in [1.82, 2.24) is 9.78 Å². The van der Waals surface area contributed by atoms with Crippen LogP contribution in [0.1, 0.15) is 26.4 Å². The molecular formula is C24H19ClN4O2. The average molecular weight is 431 g/mol. The Hall–Kier alpha value is -3.90. The number of para-hydroxylation sites is 1. The van der Waals surface area contributed by atoms with Gasteiger partial charge < -0.3 is 10.6 Å². The standard InChI is InChI=1S/C24H19ClN4O2/c1-16-21(22(25)29(28-16)20-13-6-3-7-14-20)24(31)27-19-12-8-11-18(15-19)26-23(30)17-9-4-2-5-10-17/h2-15H,1H3,(H,26,30)(H,27,31). The number of anilines is 2. The van der Waals surface area contributed by atoms with Gasteiger partial charge in [-0.05, 0) is 49.4 Å². The van der Waals surface area contributed by atoms with E-state index in [0.29, 0.717) is 28.2 Å². The molecule has 0 spiro atoms. The average Bonchev–Trinajstić information content (AvgIpc) is 3.09. The number of hydrogen-bond donors (Lipinski definition) is 2. The maximum absolute atomic E-state index is 12.9. The van der Waals surface area contributed by atoms with Gasteiger partial charge in [0.05, 0.1) is 11.4 Å². The minimum absolute atomic E-state index is 0.230. The Morgan fingerprint density at radius 2 is 1.39 bits per heavy atom. The summed E-state index contributed by atoms with van der Waals surface area (Å²) in [6, 6.07) is 25.2. The number of aromatic nitrogens is 2. The fourth-order valence-electron chi connectivity index (χ4n) is 3.16. The van der Waals surface area contributed by atoms with Crippen LogP contribution in [0.4, 0.5) is 11.4 Å². The molecule has 2 N–H and O–H groups in total. The lowest BCUT2D eigenvalue weighted by atomic mass is 10.2. The molecule has 1 aromatic heterocycles. The number of carbonyl (C=O) groups is 2. The molecule has 4 aromatic rings. The second-order valence-corrected chi connectivity index (χ2v) is 7.21. The molecule has 0 aliphatic carbocycles. The molecule has 0 unspecified atom stereocenters. The molecular weight excluding hydrogens is 412 g/mol. The lowest BCUT2D eigenvalue weighted by Gasteiger charge is -2.09. The van der Waals surface area contributed by atoms with Gasteiger partial charge in [-0.3, -0.25) is 9.59 Å². The van der Waals surface area contributed by atoms with Gasteiger partial charge in [0.15, 0.2) is 0 Å². The lowest BCUT2D eigenvalue weighted by molar-refractivity contribution is 0.101. The van der Waals surface area contributed by atoms with Gasteiger partial charge in [-0.1, -0.05) is 54.1 Å². The lowest BCUT2D eigenvalue weighted by Crippen LogP contribution is -2.14. The number of benzene rings is 3. The number of nitrogens with one attached hydrogen (secondary N) is 2. The summed E-state index contributed by atoms with van der Waals surface area (Å²) in [5, 5.41) is 10.3. The van der Waals surface area contributed by atoms with Crippen LogP contribution in [0.2, 0.25) is 5.15 Å². The molecule has 0 bridgehead atoms. The van der Waals surface area contributed by atoms with Crippen molar-refractivity contribution in [1.29, 1.82) is 0 Å². The maximum atomic E-state index is 12.9. The van der Waals surface area contributed by atoms with E-state index < -0.39 is 0 Å². The number of nitrogens with zero attached hydrogens (tertiary/aromatic N) is 2. The number of carbonyl (C=O) groups excluding carboxylic acids is 2. The van der Waals surface area contributed by atoms with E-state index in [1.54, 1.807) is 55.5 Å². The zero-order valence-electron chi connectivity index (χ0n) is 16.7. The van der Waals surface area contributed by atoms with Gasteiger partial charge in [-0.2, -0.15) is 5.10 Å². The number of halogens is 1. The summed E-state index contributed by atoms with van der Waals surface area (Å²) < 4.78 is 1.53. The molecule has 0 saturated carbocycles. The van der Waals surface area contributed by atoms with E-state index in [2.05, 4.69) is 15.7 Å². The van der Waals surface area contributed by atoms with E-state index in [1.807, 2.05) is 36.4 Å². The quantitative estimate of drug-likeness (QED) is 0.448. The topological polar surface area (TPSA) is 76.0 Å². The van der Waals surface area contributed by atoms with Gasteiger partial charge in [0.25, 0.3) is 11.8 Å². The Morgan fingerprint density at radius 1 is 0.806 bits per heavy atom. The van der Waals surface area contributed by atoms with Crippen LogP contribution in [0.15, 0.2) is 84.9 Å². The van der Waals surface area contributed by atoms with Crippen LogP contribution in [0, 0.1) is 6.92 Å². The smallest absolute Gasteiger partial charge is 0.260 e. The van der Waals surface area contributed by atoms with Gasteiger partial charge in [-0.15, -0.1) is 0 Å². The van der Waals surface area contributed by atoms with Crippen molar-refractivity contribution in [2.75, 3.05) is 10.6 Å². The summed E-state index contributed by atoms with van der Waals surface area (Å²) in [5.41, 5.74) is 3.21. The summed E-state index contributed by atoms with van der Waals surface area (Å²) in [6.45, 7) is 1.73. The fourth-order valence-corrected chi connectivity index (χ4v) is 3.52. The third kappa shape index (κ3) is 4.49. The van der Waals surface area contributed by atoms with E-state index in [4.69, 9.17) is 11.6 Å². The molecule has 1 heterocycles. The molecule has 0 fully saturated rings. The molecule has 6 nitrogen and oxygen atoms in total. The van der Waals surface area contributed by atoms with Crippen LogP contribution in [-0.2, 0) is 0 Å². The third-order valence-electron chi connectivity index (χ3n) is 4.65. The van der Waals surface area contributed by atoms with Crippen molar-refractivity contribution in [3.63, 3.8) is 0 Å². The zero-order chi connectivity index (χ0) is 21.8. The summed E-state index contributed by atoms with van der Waals surface area (Å²) in [7, 11) is 0. The molecule has 154 valence electrons. The van der Waals surface area contributed by atoms with Crippen molar-refractivity contribution in [3.05, 3.63) is 107 Å². The second kappa shape index (κ2) is 8.85. The minimum atomic E-state index is -0.379. The number of amides is 2. The van der Waals surface area contributed by atoms with Gasteiger partial charge in [0.1, 0.15) is 10.7 Å². The maximum Gasteiger partial charge on any atom is 0.260 e. The first kappa shape index (κ1) is 20.4.